The number of aromatic nitrogens is 2. The highest BCUT2D eigenvalue weighted by atomic mass is 32.2. The van der Waals surface area contributed by atoms with E-state index in [1.54, 1.807) is 18.3 Å². The lowest BCUT2D eigenvalue weighted by atomic mass is 10.2. The number of hydrogen-bond donors (Lipinski definition) is 3. The van der Waals surface area contributed by atoms with Crippen molar-refractivity contribution in [2.24, 2.45) is 5.92 Å². The van der Waals surface area contributed by atoms with E-state index in [9.17, 15) is 8.42 Å². The molecule has 2 rings (SSSR count). The van der Waals surface area contributed by atoms with Crippen molar-refractivity contribution >= 4 is 21.1 Å². The van der Waals surface area contributed by atoms with E-state index in [0.717, 1.165) is 6.54 Å². The Morgan fingerprint density at radius 1 is 1.42 bits per heavy atom. The molecule has 104 valence electrons. The van der Waals surface area contributed by atoms with E-state index in [4.69, 9.17) is 0 Å². The minimum atomic E-state index is -3.51. The van der Waals surface area contributed by atoms with E-state index < -0.39 is 10.0 Å². The zero-order chi connectivity index (χ0) is 13.9. The molecule has 0 radical (unpaired) electrons. The first-order chi connectivity index (χ1) is 9.04. The summed E-state index contributed by atoms with van der Waals surface area (Å²) < 4.78 is 27.1. The van der Waals surface area contributed by atoms with Gasteiger partial charge in [-0.15, -0.1) is 0 Å². The van der Waals surface area contributed by atoms with Crippen LogP contribution in [0.15, 0.2) is 29.4 Å². The van der Waals surface area contributed by atoms with Crippen LogP contribution in [0.4, 0.5) is 0 Å². The second-order valence-corrected chi connectivity index (χ2v) is 6.30. The normalized spacial score (nSPS) is 13.8. The Bertz CT molecular complexity index is 651. The zero-order valence-corrected chi connectivity index (χ0v) is 11.8. The summed E-state index contributed by atoms with van der Waals surface area (Å²) in [5.41, 5.74) is 0.575. The van der Waals surface area contributed by atoms with Gasteiger partial charge in [0.25, 0.3) is 0 Å². The number of rotatable bonds is 6. The predicted octanol–water partition coefficient (Wildman–Crippen LogP) is 0.697. The lowest BCUT2D eigenvalue weighted by Gasteiger charge is -2.11. The fourth-order valence-corrected chi connectivity index (χ4v) is 3.23. The van der Waals surface area contributed by atoms with Crippen LogP contribution < -0.4 is 10.0 Å². The van der Waals surface area contributed by atoms with Crippen LogP contribution in [0, 0.1) is 5.92 Å². The minimum absolute atomic E-state index is 0.225. The molecule has 0 fully saturated rings. The number of pyridine rings is 1. The monoisotopic (exact) mass is 282 g/mol. The summed E-state index contributed by atoms with van der Waals surface area (Å²) in [5.74, 6) is 0.225. The largest absolute Gasteiger partial charge is 0.345 e. The van der Waals surface area contributed by atoms with Crippen LogP contribution in [-0.2, 0) is 10.0 Å². The number of nitrogens with zero attached hydrogens (tertiary/aromatic N) is 1. The third-order valence-electron chi connectivity index (χ3n) is 2.88. The molecule has 2 aromatic rings. The van der Waals surface area contributed by atoms with Crippen LogP contribution in [0.5, 0.6) is 0 Å². The van der Waals surface area contributed by atoms with Gasteiger partial charge in [-0.2, -0.15) is 0 Å². The Morgan fingerprint density at radius 3 is 2.95 bits per heavy atom. The van der Waals surface area contributed by atoms with Crippen molar-refractivity contribution in [1.82, 2.24) is 20.0 Å². The molecule has 0 spiro atoms. The molecule has 2 aromatic heterocycles. The Morgan fingerprint density at radius 2 is 2.21 bits per heavy atom. The average Bonchev–Trinajstić information content (AvgIpc) is 2.81. The Hall–Kier alpha value is -1.44. The van der Waals surface area contributed by atoms with E-state index in [1.165, 1.54) is 6.20 Å². The highest BCUT2D eigenvalue weighted by Gasteiger charge is 2.19. The SMILES string of the molecule is CNCC(C)CNS(=O)(=O)c1c[nH]c2ncccc12. The van der Waals surface area contributed by atoms with E-state index in [2.05, 4.69) is 20.0 Å². The van der Waals surface area contributed by atoms with Gasteiger partial charge >= 0.3 is 0 Å². The lowest BCUT2D eigenvalue weighted by molar-refractivity contribution is 0.519. The van der Waals surface area contributed by atoms with E-state index in [1.807, 2.05) is 14.0 Å². The highest BCUT2D eigenvalue weighted by Crippen LogP contribution is 2.20. The number of sulfonamides is 1. The molecule has 7 heteroatoms. The molecule has 0 amide bonds. The average molecular weight is 282 g/mol. The van der Waals surface area contributed by atoms with Gasteiger partial charge in [-0.05, 0) is 31.6 Å². The van der Waals surface area contributed by atoms with E-state index in [-0.39, 0.29) is 10.8 Å². The summed E-state index contributed by atoms with van der Waals surface area (Å²) >= 11 is 0. The number of nitrogens with one attached hydrogen (secondary N) is 3. The minimum Gasteiger partial charge on any atom is -0.345 e. The molecule has 0 saturated carbocycles. The number of H-pyrrole nitrogens is 1. The number of aromatic amines is 1. The molecule has 2 heterocycles. The molecular formula is C12H18N4O2S. The first kappa shape index (κ1) is 14.0. The van der Waals surface area contributed by atoms with Crippen LogP contribution >= 0.6 is 0 Å². The van der Waals surface area contributed by atoms with Crippen LogP contribution in [0.2, 0.25) is 0 Å². The van der Waals surface area contributed by atoms with Crippen molar-refractivity contribution < 1.29 is 8.42 Å². The van der Waals surface area contributed by atoms with Crippen LogP contribution in [0.1, 0.15) is 6.92 Å². The Balaban J connectivity index is 2.20. The first-order valence-electron chi connectivity index (χ1n) is 6.11. The van der Waals surface area contributed by atoms with Gasteiger partial charge in [0.1, 0.15) is 10.5 Å². The van der Waals surface area contributed by atoms with Gasteiger partial charge in [-0.3, -0.25) is 0 Å². The molecule has 0 aliphatic rings. The maximum Gasteiger partial charge on any atom is 0.242 e. The fraction of sp³-hybridized carbons (Fsp3) is 0.417. The molecule has 1 atom stereocenters. The third-order valence-corrected chi connectivity index (χ3v) is 4.34. The van der Waals surface area contributed by atoms with Crippen molar-refractivity contribution in [2.75, 3.05) is 20.1 Å². The maximum absolute atomic E-state index is 12.2. The van der Waals surface area contributed by atoms with E-state index >= 15 is 0 Å². The molecule has 1 unspecified atom stereocenters. The summed E-state index contributed by atoms with van der Waals surface area (Å²) in [6, 6.07) is 3.46. The number of hydrogen-bond acceptors (Lipinski definition) is 4. The standard InChI is InChI=1S/C12H18N4O2S/c1-9(6-13-2)7-16-19(17,18)11-8-15-12-10(11)4-3-5-14-12/h3-5,8-9,13,16H,6-7H2,1-2H3,(H,14,15). The summed E-state index contributed by atoms with van der Waals surface area (Å²) in [4.78, 5) is 7.19. The summed E-state index contributed by atoms with van der Waals surface area (Å²) in [5, 5.41) is 3.62. The molecule has 0 bridgehead atoms. The molecule has 0 saturated heterocycles. The summed E-state index contributed by atoms with van der Waals surface area (Å²) in [6.07, 6.45) is 3.10. The highest BCUT2D eigenvalue weighted by molar-refractivity contribution is 7.89. The predicted molar refractivity (Wildman–Crippen MR) is 74.4 cm³/mol. The van der Waals surface area contributed by atoms with Crippen LogP contribution in [-0.4, -0.2) is 38.5 Å². The number of fused-ring (bicyclic) bond motifs is 1. The van der Waals surface area contributed by atoms with Gasteiger partial charge in [-0.25, -0.2) is 18.1 Å². The smallest absolute Gasteiger partial charge is 0.242 e. The lowest BCUT2D eigenvalue weighted by Crippen LogP contribution is -2.32. The first-order valence-corrected chi connectivity index (χ1v) is 7.59. The van der Waals surface area contributed by atoms with Gasteiger partial charge in [0, 0.05) is 24.3 Å². The van der Waals surface area contributed by atoms with Gasteiger partial charge in [0.2, 0.25) is 10.0 Å². The van der Waals surface area contributed by atoms with Gasteiger partial charge in [0.15, 0.2) is 0 Å². The molecule has 6 nitrogen and oxygen atoms in total. The molecule has 0 aromatic carbocycles. The van der Waals surface area contributed by atoms with Crippen molar-refractivity contribution in [1.29, 1.82) is 0 Å². The van der Waals surface area contributed by atoms with Crippen LogP contribution in [0.25, 0.3) is 11.0 Å². The summed E-state index contributed by atoms with van der Waals surface area (Å²) in [6.45, 7) is 3.14. The molecular weight excluding hydrogens is 264 g/mol. The van der Waals surface area contributed by atoms with Crippen LogP contribution in [0.3, 0.4) is 0 Å². The van der Waals surface area contributed by atoms with Crippen molar-refractivity contribution in [3.8, 4) is 0 Å². The molecule has 3 N–H and O–H groups in total. The Labute approximate surface area is 112 Å². The van der Waals surface area contributed by atoms with Gasteiger partial charge < -0.3 is 10.3 Å². The zero-order valence-electron chi connectivity index (χ0n) is 11.0. The summed E-state index contributed by atoms with van der Waals surface area (Å²) in [7, 11) is -1.66. The third kappa shape index (κ3) is 3.12. The second-order valence-electron chi connectivity index (χ2n) is 4.57. The van der Waals surface area contributed by atoms with Crippen molar-refractivity contribution in [3.63, 3.8) is 0 Å². The van der Waals surface area contributed by atoms with Crippen molar-refractivity contribution in [2.45, 2.75) is 11.8 Å². The fourth-order valence-electron chi connectivity index (χ4n) is 1.90. The molecule has 0 aliphatic heterocycles. The topological polar surface area (TPSA) is 86.9 Å². The Kier molecular flexibility index (Phi) is 4.18. The van der Waals surface area contributed by atoms with Crippen molar-refractivity contribution in [3.05, 3.63) is 24.5 Å². The maximum atomic E-state index is 12.2. The molecule has 19 heavy (non-hydrogen) atoms. The second kappa shape index (κ2) is 5.68. The molecule has 0 aliphatic carbocycles. The quantitative estimate of drug-likeness (QED) is 0.728. The van der Waals surface area contributed by atoms with Gasteiger partial charge in [-0.1, -0.05) is 6.92 Å². The van der Waals surface area contributed by atoms with Gasteiger partial charge in [0.05, 0.1) is 0 Å². The van der Waals surface area contributed by atoms with E-state index in [0.29, 0.717) is 17.6 Å².